The van der Waals surface area contributed by atoms with Crippen molar-refractivity contribution in [2.45, 2.75) is 51.4 Å². The molecule has 1 N–H and O–H groups in total. The van der Waals surface area contributed by atoms with E-state index >= 15 is 0 Å². The molecular formula is C13H21N3O2S. The van der Waals surface area contributed by atoms with Crippen molar-refractivity contribution in [3.8, 4) is 0 Å². The van der Waals surface area contributed by atoms with Gasteiger partial charge in [-0.05, 0) is 27.2 Å². The Labute approximate surface area is 117 Å². The van der Waals surface area contributed by atoms with E-state index in [1.54, 1.807) is 6.20 Å². The van der Waals surface area contributed by atoms with Crippen LogP contribution in [0.3, 0.4) is 0 Å². The number of hydrogen-bond acceptors (Lipinski definition) is 4. The van der Waals surface area contributed by atoms with Gasteiger partial charge in [0.05, 0.1) is 5.75 Å². The van der Waals surface area contributed by atoms with Crippen molar-refractivity contribution in [3.05, 3.63) is 22.6 Å². The fourth-order valence-corrected chi connectivity index (χ4v) is 2.24. The quantitative estimate of drug-likeness (QED) is 0.637. The van der Waals surface area contributed by atoms with Gasteiger partial charge >= 0.3 is 0 Å². The number of rotatable bonds is 6. The molecule has 1 heterocycles. The topological polar surface area (TPSA) is 64.0 Å². The maximum atomic E-state index is 11.8. The van der Waals surface area contributed by atoms with Crippen molar-refractivity contribution in [2.75, 3.05) is 5.75 Å². The molecule has 0 spiro atoms. The molecule has 0 fully saturated rings. The molecule has 0 aliphatic rings. The van der Waals surface area contributed by atoms with Gasteiger partial charge in [0.15, 0.2) is 5.16 Å². The molecule has 0 aliphatic carbocycles. The number of nitrogens with zero attached hydrogens (tertiary/aromatic N) is 2. The third kappa shape index (κ3) is 5.06. The molecule has 0 aliphatic heterocycles. The molecular weight excluding hydrogens is 262 g/mol. The van der Waals surface area contributed by atoms with E-state index in [0.29, 0.717) is 5.16 Å². The molecule has 1 amide bonds. The first-order chi connectivity index (χ1) is 8.88. The summed E-state index contributed by atoms with van der Waals surface area (Å²) in [7, 11) is 0. The minimum Gasteiger partial charge on any atom is -0.351 e. The summed E-state index contributed by atoms with van der Waals surface area (Å²) in [6, 6.07) is 1.42. The Morgan fingerprint density at radius 1 is 1.47 bits per heavy atom. The SMILES string of the molecule is CCn1ccc(=O)nc1SCC(=O)NC(C)(C)CC. The molecule has 0 saturated heterocycles. The van der Waals surface area contributed by atoms with Crippen LogP contribution >= 0.6 is 11.8 Å². The second kappa shape index (κ2) is 6.75. The van der Waals surface area contributed by atoms with Crippen LogP contribution < -0.4 is 10.9 Å². The fourth-order valence-electron chi connectivity index (χ4n) is 1.40. The predicted molar refractivity (Wildman–Crippen MR) is 77.4 cm³/mol. The van der Waals surface area contributed by atoms with E-state index in [1.165, 1.54) is 17.8 Å². The van der Waals surface area contributed by atoms with E-state index in [1.807, 2.05) is 32.3 Å². The average molecular weight is 283 g/mol. The number of aryl methyl sites for hydroxylation is 1. The molecule has 0 aromatic carbocycles. The van der Waals surface area contributed by atoms with E-state index in [4.69, 9.17) is 0 Å². The summed E-state index contributed by atoms with van der Waals surface area (Å²) in [6.45, 7) is 8.69. The molecule has 0 saturated carbocycles. The van der Waals surface area contributed by atoms with Gasteiger partial charge in [0, 0.05) is 24.3 Å². The number of thioether (sulfide) groups is 1. The van der Waals surface area contributed by atoms with Crippen LogP contribution in [0.5, 0.6) is 0 Å². The lowest BCUT2D eigenvalue weighted by atomic mass is 10.0. The van der Waals surface area contributed by atoms with Crippen molar-refractivity contribution in [3.63, 3.8) is 0 Å². The number of aromatic nitrogens is 2. The van der Waals surface area contributed by atoms with Gasteiger partial charge in [0.1, 0.15) is 0 Å². The Balaban J connectivity index is 2.64. The van der Waals surface area contributed by atoms with Gasteiger partial charge in [-0.1, -0.05) is 18.7 Å². The Kier molecular flexibility index (Phi) is 5.60. The van der Waals surface area contributed by atoms with Crippen molar-refractivity contribution >= 4 is 17.7 Å². The van der Waals surface area contributed by atoms with Gasteiger partial charge in [-0.15, -0.1) is 0 Å². The lowest BCUT2D eigenvalue weighted by Gasteiger charge is -2.24. The molecule has 5 nitrogen and oxygen atoms in total. The van der Waals surface area contributed by atoms with Crippen LogP contribution in [0.1, 0.15) is 34.1 Å². The minimum atomic E-state index is -0.276. The van der Waals surface area contributed by atoms with Crippen LogP contribution in [-0.2, 0) is 11.3 Å². The van der Waals surface area contributed by atoms with Gasteiger partial charge in [0.25, 0.3) is 5.56 Å². The standard InChI is InChI=1S/C13H21N3O2S/c1-5-13(3,4)15-11(18)9-19-12-14-10(17)7-8-16(12)6-2/h7-8H,5-6,9H2,1-4H3,(H,15,18). The van der Waals surface area contributed by atoms with E-state index < -0.39 is 0 Å². The molecule has 6 heteroatoms. The number of carbonyl (C=O) groups excluding carboxylic acids is 1. The molecule has 0 bridgehead atoms. The number of hydrogen-bond donors (Lipinski definition) is 1. The monoisotopic (exact) mass is 283 g/mol. The summed E-state index contributed by atoms with van der Waals surface area (Å²) >= 11 is 1.28. The molecule has 19 heavy (non-hydrogen) atoms. The summed E-state index contributed by atoms with van der Waals surface area (Å²) in [6.07, 6.45) is 2.57. The van der Waals surface area contributed by atoms with E-state index in [0.717, 1.165) is 13.0 Å². The average Bonchev–Trinajstić information content (AvgIpc) is 2.36. The maximum Gasteiger partial charge on any atom is 0.273 e. The molecule has 0 atom stereocenters. The van der Waals surface area contributed by atoms with Crippen LogP contribution in [-0.4, -0.2) is 26.8 Å². The van der Waals surface area contributed by atoms with E-state index in [9.17, 15) is 9.59 Å². The molecule has 0 radical (unpaired) electrons. The van der Waals surface area contributed by atoms with Gasteiger partial charge in [-0.25, -0.2) is 0 Å². The second-order valence-electron chi connectivity index (χ2n) is 4.91. The molecule has 1 rings (SSSR count). The van der Waals surface area contributed by atoms with Crippen LogP contribution in [0.2, 0.25) is 0 Å². The van der Waals surface area contributed by atoms with Crippen LogP contribution in [0, 0.1) is 0 Å². The van der Waals surface area contributed by atoms with Crippen LogP contribution in [0.4, 0.5) is 0 Å². The highest BCUT2D eigenvalue weighted by atomic mass is 32.2. The first kappa shape index (κ1) is 15.8. The normalized spacial score (nSPS) is 11.4. The number of nitrogens with one attached hydrogen (secondary N) is 1. The third-order valence-corrected chi connectivity index (χ3v) is 3.87. The van der Waals surface area contributed by atoms with Gasteiger partial charge in [-0.3, -0.25) is 9.59 Å². The van der Waals surface area contributed by atoms with Crippen LogP contribution in [0.15, 0.2) is 22.2 Å². The second-order valence-corrected chi connectivity index (χ2v) is 5.85. The lowest BCUT2D eigenvalue weighted by molar-refractivity contribution is -0.120. The lowest BCUT2D eigenvalue weighted by Crippen LogP contribution is -2.43. The highest BCUT2D eigenvalue weighted by molar-refractivity contribution is 7.99. The first-order valence-electron chi connectivity index (χ1n) is 6.39. The van der Waals surface area contributed by atoms with Gasteiger partial charge < -0.3 is 9.88 Å². The first-order valence-corrected chi connectivity index (χ1v) is 7.38. The molecule has 0 unspecified atom stereocenters. The van der Waals surface area contributed by atoms with Gasteiger partial charge in [-0.2, -0.15) is 4.98 Å². The summed E-state index contributed by atoms with van der Waals surface area (Å²) in [5, 5.41) is 3.54. The summed E-state index contributed by atoms with van der Waals surface area (Å²) in [4.78, 5) is 27.0. The summed E-state index contributed by atoms with van der Waals surface area (Å²) < 4.78 is 1.85. The molecule has 106 valence electrons. The smallest absolute Gasteiger partial charge is 0.273 e. The zero-order valence-corrected chi connectivity index (χ0v) is 12.7. The Morgan fingerprint density at radius 2 is 2.16 bits per heavy atom. The maximum absolute atomic E-state index is 11.8. The Morgan fingerprint density at radius 3 is 2.74 bits per heavy atom. The Bertz CT molecular complexity index is 497. The Hall–Kier alpha value is -1.30. The summed E-state index contributed by atoms with van der Waals surface area (Å²) in [5.41, 5.74) is -0.479. The fraction of sp³-hybridized carbons (Fsp3) is 0.615. The van der Waals surface area contributed by atoms with Crippen molar-refractivity contribution in [2.24, 2.45) is 0 Å². The highest BCUT2D eigenvalue weighted by Gasteiger charge is 2.18. The van der Waals surface area contributed by atoms with Crippen molar-refractivity contribution in [1.29, 1.82) is 0 Å². The van der Waals surface area contributed by atoms with Crippen LogP contribution in [0.25, 0.3) is 0 Å². The number of carbonyl (C=O) groups is 1. The number of amides is 1. The molecule has 1 aromatic heterocycles. The molecule has 1 aromatic rings. The van der Waals surface area contributed by atoms with Crippen molar-refractivity contribution in [1.82, 2.24) is 14.9 Å². The van der Waals surface area contributed by atoms with E-state index in [-0.39, 0.29) is 22.8 Å². The zero-order valence-electron chi connectivity index (χ0n) is 11.9. The third-order valence-electron chi connectivity index (χ3n) is 2.88. The summed E-state index contributed by atoms with van der Waals surface area (Å²) in [5.74, 6) is 0.220. The minimum absolute atomic E-state index is 0.0439. The predicted octanol–water partition coefficient (Wildman–Crippen LogP) is 1.66. The van der Waals surface area contributed by atoms with Gasteiger partial charge in [0.2, 0.25) is 5.91 Å². The largest absolute Gasteiger partial charge is 0.351 e. The highest BCUT2D eigenvalue weighted by Crippen LogP contribution is 2.14. The van der Waals surface area contributed by atoms with E-state index in [2.05, 4.69) is 10.3 Å². The van der Waals surface area contributed by atoms with Crippen molar-refractivity contribution < 1.29 is 4.79 Å². The zero-order chi connectivity index (χ0) is 14.5.